The highest BCUT2D eigenvalue weighted by Gasteiger charge is 2.27. The quantitative estimate of drug-likeness (QED) is 0.639. The number of carbonyl (C=O) groups excluding carboxylic acids is 1. The highest BCUT2D eigenvalue weighted by molar-refractivity contribution is 7.22. The first-order chi connectivity index (χ1) is 13.0. The molecule has 0 radical (unpaired) electrons. The lowest BCUT2D eigenvalue weighted by Gasteiger charge is -2.31. The molecule has 1 aromatic heterocycles. The zero-order valence-corrected chi connectivity index (χ0v) is 17.0. The zero-order chi connectivity index (χ0) is 19.0. The van der Waals surface area contributed by atoms with Gasteiger partial charge in [-0.05, 0) is 56.0 Å². The molecule has 4 rings (SSSR count). The number of halogens is 1. The van der Waals surface area contributed by atoms with Crippen LogP contribution in [0.25, 0.3) is 10.2 Å². The van der Waals surface area contributed by atoms with E-state index in [9.17, 15) is 4.79 Å². The SMILES string of the molecule is Cc1cc(C)c2nc(N3CCC(C(=O)Nc4ccccc4Cl)CC3)sc2c1. The molecule has 0 unspecified atom stereocenters. The lowest BCUT2D eigenvalue weighted by atomic mass is 9.96. The predicted octanol–water partition coefficient (Wildman–Crippen LogP) is 5.42. The van der Waals surface area contributed by atoms with Crippen LogP contribution in [0.2, 0.25) is 5.02 Å². The molecule has 1 amide bonds. The summed E-state index contributed by atoms with van der Waals surface area (Å²) in [5.41, 5.74) is 4.27. The lowest BCUT2D eigenvalue weighted by molar-refractivity contribution is -0.120. The number of amides is 1. The number of fused-ring (bicyclic) bond motifs is 1. The van der Waals surface area contributed by atoms with Crippen molar-refractivity contribution in [3.05, 3.63) is 52.5 Å². The van der Waals surface area contributed by atoms with Crippen LogP contribution in [-0.4, -0.2) is 24.0 Å². The van der Waals surface area contributed by atoms with Crippen LogP contribution in [0.3, 0.4) is 0 Å². The van der Waals surface area contributed by atoms with Crippen molar-refractivity contribution in [2.75, 3.05) is 23.3 Å². The van der Waals surface area contributed by atoms with E-state index in [1.807, 2.05) is 18.2 Å². The molecule has 2 aromatic carbocycles. The Bertz CT molecular complexity index is 992. The Balaban J connectivity index is 1.42. The number of aryl methyl sites for hydroxylation is 2. The fraction of sp³-hybridized carbons (Fsp3) is 0.333. The van der Waals surface area contributed by atoms with E-state index in [4.69, 9.17) is 16.6 Å². The molecule has 0 bridgehead atoms. The first kappa shape index (κ1) is 18.3. The Morgan fingerprint density at radius 1 is 1.22 bits per heavy atom. The Hall–Kier alpha value is -2.11. The van der Waals surface area contributed by atoms with Gasteiger partial charge in [-0.15, -0.1) is 0 Å². The van der Waals surface area contributed by atoms with Crippen LogP contribution in [-0.2, 0) is 4.79 Å². The van der Waals surface area contributed by atoms with Gasteiger partial charge in [0, 0.05) is 19.0 Å². The van der Waals surface area contributed by atoms with Crippen LogP contribution in [0.4, 0.5) is 10.8 Å². The standard InChI is InChI=1S/C21H22ClN3OS/c1-13-11-14(2)19-18(12-13)27-21(24-19)25-9-7-15(8-10-25)20(26)23-17-6-4-3-5-16(17)22/h3-6,11-12,15H,7-10H2,1-2H3,(H,23,26). The van der Waals surface area contributed by atoms with Crippen LogP contribution < -0.4 is 10.2 Å². The third-order valence-electron chi connectivity index (χ3n) is 5.09. The molecule has 6 heteroatoms. The van der Waals surface area contributed by atoms with Gasteiger partial charge < -0.3 is 10.2 Å². The molecule has 0 spiro atoms. The fourth-order valence-electron chi connectivity index (χ4n) is 3.62. The van der Waals surface area contributed by atoms with E-state index < -0.39 is 0 Å². The number of carbonyl (C=O) groups is 1. The Morgan fingerprint density at radius 3 is 2.70 bits per heavy atom. The lowest BCUT2D eigenvalue weighted by Crippen LogP contribution is -2.38. The van der Waals surface area contributed by atoms with E-state index in [0.29, 0.717) is 10.7 Å². The number of aromatic nitrogens is 1. The molecule has 140 valence electrons. The van der Waals surface area contributed by atoms with Crippen molar-refractivity contribution in [2.45, 2.75) is 26.7 Å². The molecule has 0 aliphatic carbocycles. The van der Waals surface area contributed by atoms with Gasteiger partial charge in [0.15, 0.2) is 5.13 Å². The van der Waals surface area contributed by atoms with Gasteiger partial charge in [-0.2, -0.15) is 0 Å². The highest BCUT2D eigenvalue weighted by atomic mass is 35.5. The normalized spacial score (nSPS) is 15.3. The van der Waals surface area contributed by atoms with Crippen molar-refractivity contribution in [1.29, 1.82) is 0 Å². The molecule has 0 atom stereocenters. The van der Waals surface area contributed by atoms with Gasteiger partial charge in [-0.25, -0.2) is 4.98 Å². The maximum Gasteiger partial charge on any atom is 0.227 e. The molecule has 1 saturated heterocycles. The summed E-state index contributed by atoms with van der Waals surface area (Å²) in [6.07, 6.45) is 1.65. The summed E-state index contributed by atoms with van der Waals surface area (Å²) in [5.74, 6) is 0.0643. The Labute approximate surface area is 168 Å². The van der Waals surface area contributed by atoms with Gasteiger partial charge in [-0.1, -0.05) is 41.1 Å². The second-order valence-corrected chi connectivity index (χ2v) is 8.57. The van der Waals surface area contributed by atoms with Crippen molar-refractivity contribution in [3.8, 4) is 0 Å². The summed E-state index contributed by atoms with van der Waals surface area (Å²) >= 11 is 7.89. The molecule has 1 aliphatic heterocycles. The van der Waals surface area contributed by atoms with Crippen molar-refractivity contribution >= 4 is 49.9 Å². The predicted molar refractivity (Wildman–Crippen MR) is 114 cm³/mol. The van der Waals surface area contributed by atoms with E-state index in [1.54, 1.807) is 17.4 Å². The van der Waals surface area contributed by atoms with Crippen molar-refractivity contribution < 1.29 is 4.79 Å². The Kier molecular flexibility index (Phi) is 5.06. The summed E-state index contributed by atoms with van der Waals surface area (Å²) in [5, 5.41) is 4.60. The van der Waals surface area contributed by atoms with Gasteiger partial charge in [-0.3, -0.25) is 4.79 Å². The summed E-state index contributed by atoms with van der Waals surface area (Å²) in [4.78, 5) is 19.7. The van der Waals surface area contributed by atoms with Gasteiger partial charge in [0.05, 0.1) is 20.9 Å². The molecular formula is C21H22ClN3OS. The van der Waals surface area contributed by atoms with E-state index in [0.717, 1.165) is 36.6 Å². The molecule has 1 N–H and O–H groups in total. The van der Waals surface area contributed by atoms with Gasteiger partial charge in [0.2, 0.25) is 5.91 Å². The maximum absolute atomic E-state index is 12.6. The summed E-state index contributed by atoms with van der Waals surface area (Å²) in [7, 11) is 0. The molecule has 1 aliphatic rings. The first-order valence-electron chi connectivity index (χ1n) is 9.19. The molecule has 4 nitrogen and oxygen atoms in total. The van der Waals surface area contributed by atoms with Crippen LogP contribution in [0.1, 0.15) is 24.0 Å². The van der Waals surface area contributed by atoms with E-state index >= 15 is 0 Å². The molecule has 2 heterocycles. The number of thiazole rings is 1. The topological polar surface area (TPSA) is 45.2 Å². The third kappa shape index (κ3) is 3.80. The molecular weight excluding hydrogens is 378 g/mol. The van der Waals surface area contributed by atoms with Crippen molar-refractivity contribution in [3.63, 3.8) is 0 Å². The maximum atomic E-state index is 12.6. The summed E-state index contributed by atoms with van der Waals surface area (Å²) in [6.45, 7) is 5.93. The number of nitrogens with zero attached hydrogens (tertiary/aromatic N) is 2. The smallest absolute Gasteiger partial charge is 0.227 e. The van der Waals surface area contributed by atoms with Gasteiger partial charge in [0.1, 0.15) is 0 Å². The Morgan fingerprint density at radius 2 is 1.96 bits per heavy atom. The average molecular weight is 400 g/mol. The number of benzene rings is 2. The van der Waals surface area contributed by atoms with Gasteiger partial charge in [0.25, 0.3) is 0 Å². The molecule has 0 saturated carbocycles. The monoisotopic (exact) mass is 399 g/mol. The van der Waals surface area contributed by atoms with Crippen molar-refractivity contribution in [1.82, 2.24) is 4.98 Å². The number of nitrogens with one attached hydrogen (secondary N) is 1. The van der Waals surface area contributed by atoms with Crippen LogP contribution in [0.15, 0.2) is 36.4 Å². The third-order valence-corrected chi connectivity index (χ3v) is 6.48. The zero-order valence-electron chi connectivity index (χ0n) is 15.5. The summed E-state index contributed by atoms with van der Waals surface area (Å²) in [6, 6.07) is 11.7. The first-order valence-corrected chi connectivity index (χ1v) is 10.4. The largest absolute Gasteiger partial charge is 0.348 e. The van der Waals surface area contributed by atoms with Crippen LogP contribution >= 0.6 is 22.9 Å². The molecule has 27 heavy (non-hydrogen) atoms. The number of piperidine rings is 1. The number of rotatable bonds is 3. The van der Waals surface area contributed by atoms with E-state index in [-0.39, 0.29) is 11.8 Å². The number of hydrogen-bond donors (Lipinski definition) is 1. The van der Waals surface area contributed by atoms with Gasteiger partial charge >= 0.3 is 0 Å². The minimum atomic E-state index is 0.0101. The summed E-state index contributed by atoms with van der Waals surface area (Å²) < 4.78 is 1.24. The highest BCUT2D eigenvalue weighted by Crippen LogP contribution is 2.34. The van der Waals surface area contributed by atoms with Crippen LogP contribution in [0, 0.1) is 19.8 Å². The van der Waals surface area contributed by atoms with Crippen molar-refractivity contribution in [2.24, 2.45) is 5.92 Å². The average Bonchev–Trinajstić information content (AvgIpc) is 3.08. The minimum Gasteiger partial charge on any atom is -0.348 e. The number of anilines is 2. The van der Waals surface area contributed by atoms with E-state index in [1.165, 1.54) is 15.8 Å². The van der Waals surface area contributed by atoms with Crippen LogP contribution in [0.5, 0.6) is 0 Å². The minimum absolute atomic E-state index is 0.0101. The molecule has 1 fully saturated rings. The van der Waals surface area contributed by atoms with E-state index in [2.05, 4.69) is 36.2 Å². The second kappa shape index (κ2) is 7.49. The number of hydrogen-bond acceptors (Lipinski definition) is 4. The molecule has 3 aromatic rings. The fourth-order valence-corrected chi connectivity index (χ4v) is 5.00. The second-order valence-electron chi connectivity index (χ2n) is 7.16. The number of para-hydroxylation sites is 1.